The maximum atomic E-state index is 12.1. The highest BCUT2D eigenvalue weighted by molar-refractivity contribution is 5.84. The number of nitrogens with one attached hydrogen (secondary N) is 2. The molecule has 1 amide bonds. The van der Waals surface area contributed by atoms with Gasteiger partial charge in [-0.1, -0.05) is 24.6 Å². The summed E-state index contributed by atoms with van der Waals surface area (Å²) in [4.78, 5) is 15.4. The first-order valence-electron chi connectivity index (χ1n) is 7.82. The standard InChI is InChI=1S/C17H23N3O/c18-10-12-4-3-7-15(12)20-17(21)9-8-13-11-19-16-6-2-1-5-14(13)16/h1-2,5-6,11-12,15,19H,3-4,7-10,18H2,(H,20,21). The van der Waals surface area contributed by atoms with Gasteiger partial charge in [0.1, 0.15) is 0 Å². The van der Waals surface area contributed by atoms with Crippen molar-refractivity contribution in [3.63, 3.8) is 0 Å². The van der Waals surface area contributed by atoms with Crippen molar-refractivity contribution < 1.29 is 4.79 Å². The largest absolute Gasteiger partial charge is 0.361 e. The van der Waals surface area contributed by atoms with Crippen LogP contribution in [0, 0.1) is 5.92 Å². The van der Waals surface area contributed by atoms with Crippen molar-refractivity contribution in [3.8, 4) is 0 Å². The van der Waals surface area contributed by atoms with Crippen LogP contribution in [0.15, 0.2) is 30.5 Å². The molecule has 4 N–H and O–H groups in total. The monoisotopic (exact) mass is 285 g/mol. The van der Waals surface area contributed by atoms with Gasteiger partial charge < -0.3 is 16.0 Å². The Balaban J connectivity index is 1.56. The lowest BCUT2D eigenvalue weighted by Gasteiger charge is -2.19. The SMILES string of the molecule is NCC1CCCC1NC(=O)CCc1c[nH]c2ccccc12. The number of para-hydroxylation sites is 1. The maximum absolute atomic E-state index is 12.1. The van der Waals surface area contributed by atoms with Gasteiger partial charge in [0.15, 0.2) is 0 Å². The summed E-state index contributed by atoms with van der Waals surface area (Å²) in [6, 6.07) is 8.49. The Hall–Kier alpha value is -1.81. The molecule has 1 heterocycles. The molecule has 3 rings (SSSR count). The maximum Gasteiger partial charge on any atom is 0.220 e. The zero-order chi connectivity index (χ0) is 14.7. The Morgan fingerprint density at radius 1 is 1.33 bits per heavy atom. The predicted octanol–water partition coefficient (Wildman–Crippen LogP) is 2.34. The molecule has 1 saturated carbocycles. The number of carbonyl (C=O) groups is 1. The highest BCUT2D eigenvalue weighted by atomic mass is 16.1. The van der Waals surface area contributed by atoms with Gasteiger partial charge in [-0.3, -0.25) is 4.79 Å². The normalized spacial score (nSPS) is 21.8. The topological polar surface area (TPSA) is 70.9 Å². The molecule has 1 fully saturated rings. The van der Waals surface area contributed by atoms with Crippen molar-refractivity contribution in [1.82, 2.24) is 10.3 Å². The third-order valence-corrected chi connectivity index (χ3v) is 4.60. The molecular formula is C17H23N3O. The summed E-state index contributed by atoms with van der Waals surface area (Å²) >= 11 is 0. The van der Waals surface area contributed by atoms with Gasteiger partial charge in [0.25, 0.3) is 0 Å². The van der Waals surface area contributed by atoms with Gasteiger partial charge in [0.2, 0.25) is 5.91 Å². The third kappa shape index (κ3) is 3.10. The average molecular weight is 285 g/mol. The molecule has 1 aliphatic carbocycles. The number of hydrogen-bond acceptors (Lipinski definition) is 2. The van der Waals surface area contributed by atoms with Crippen LogP contribution in [0.1, 0.15) is 31.2 Å². The van der Waals surface area contributed by atoms with Crippen LogP contribution in [0.2, 0.25) is 0 Å². The average Bonchev–Trinajstić information content (AvgIpc) is 3.11. The Kier molecular flexibility index (Phi) is 4.25. The number of amides is 1. The molecule has 2 aromatic rings. The molecule has 0 saturated heterocycles. The first-order valence-corrected chi connectivity index (χ1v) is 7.82. The molecule has 1 aliphatic rings. The number of aromatic nitrogens is 1. The molecule has 4 nitrogen and oxygen atoms in total. The number of fused-ring (bicyclic) bond motifs is 1. The second-order valence-electron chi connectivity index (χ2n) is 5.96. The second kappa shape index (κ2) is 6.31. The molecule has 0 aliphatic heterocycles. The van der Waals surface area contributed by atoms with Gasteiger partial charge in [-0.25, -0.2) is 0 Å². The summed E-state index contributed by atoms with van der Waals surface area (Å²) < 4.78 is 0. The van der Waals surface area contributed by atoms with Crippen molar-refractivity contribution >= 4 is 16.8 Å². The van der Waals surface area contributed by atoms with Crippen molar-refractivity contribution in [2.75, 3.05) is 6.54 Å². The van der Waals surface area contributed by atoms with E-state index in [1.54, 1.807) is 0 Å². The Morgan fingerprint density at radius 2 is 2.19 bits per heavy atom. The van der Waals surface area contributed by atoms with E-state index >= 15 is 0 Å². The fourth-order valence-electron chi connectivity index (χ4n) is 3.37. The van der Waals surface area contributed by atoms with E-state index in [0.717, 1.165) is 24.8 Å². The van der Waals surface area contributed by atoms with Gasteiger partial charge in [-0.15, -0.1) is 0 Å². The van der Waals surface area contributed by atoms with Crippen LogP contribution >= 0.6 is 0 Å². The zero-order valence-corrected chi connectivity index (χ0v) is 12.3. The third-order valence-electron chi connectivity index (χ3n) is 4.60. The molecule has 0 radical (unpaired) electrons. The number of aryl methyl sites for hydroxylation is 1. The van der Waals surface area contributed by atoms with E-state index < -0.39 is 0 Å². The summed E-state index contributed by atoms with van der Waals surface area (Å²) in [5, 5.41) is 4.38. The van der Waals surface area contributed by atoms with Crippen LogP contribution in [0.25, 0.3) is 10.9 Å². The number of aromatic amines is 1. The first-order chi connectivity index (χ1) is 10.3. The lowest BCUT2D eigenvalue weighted by atomic mass is 10.0. The molecular weight excluding hydrogens is 262 g/mol. The highest BCUT2D eigenvalue weighted by Crippen LogP contribution is 2.25. The first kappa shape index (κ1) is 14.1. The quantitative estimate of drug-likeness (QED) is 0.789. The van der Waals surface area contributed by atoms with E-state index in [4.69, 9.17) is 5.73 Å². The fourth-order valence-corrected chi connectivity index (χ4v) is 3.37. The molecule has 1 aromatic carbocycles. The van der Waals surface area contributed by atoms with Crippen LogP contribution < -0.4 is 11.1 Å². The van der Waals surface area contributed by atoms with Gasteiger partial charge in [0.05, 0.1) is 0 Å². The van der Waals surface area contributed by atoms with E-state index in [-0.39, 0.29) is 11.9 Å². The summed E-state index contributed by atoms with van der Waals surface area (Å²) in [5.41, 5.74) is 8.10. The number of H-pyrrole nitrogens is 1. The highest BCUT2D eigenvalue weighted by Gasteiger charge is 2.27. The lowest BCUT2D eigenvalue weighted by Crippen LogP contribution is -2.39. The van der Waals surface area contributed by atoms with Crippen LogP contribution in [0.5, 0.6) is 0 Å². The Labute approximate surface area is 125 Å². The van der Waals surface area contributed by atoms with Crippen molar-refractivity contribution in [2.24, 2.45) is 11.7 Å². The van der Waals surface area contributed by atoms with E-state index in [9.17, 15) is 4.79 Å². The Morgan fingerprint density at radius 3 is 3.05 bits per heavy atom. The lowest BCUT2D eigenvalue weighted by molar-refractivity contribution is -0.122. The Bertz CT molecular complexity index is 619. The van der Waals surface area contributed by atoms with E-state index in [1.807, 2.05) is 18.3 Å². The summed E-state index contributed by atoms with van der Waals surface area (Å²) in [5.74, 6) is 0.604. The van der Waals surface area contributed by atoms with E-state index in [0.29, 0.717) is 18.9 Å². The molecule has 4 heteroatoms. The second-order valence-corrected chi connectivity index (χ2v) is 5.96. The minimum Gasteiger partial charge on any atom is -0.361 e. The molecule has 0 bridgehead atoms. The molecule has 21 heavy (non-hydrogen) atoms. The number of hydrogen-bond donors (Lipinski definition) is 3. The molecule has 1 aromatic heterocycles. The molecule has 112 valence electrons. The van der Waals surface area contributed by atoms with E-state index in [2.05, 4.69) is 22.4 Å². The number of benzene rings is 1. The molecule has 0 spiro atoms. The van der Waals surface area contributed by atoms with Gasteiger partial charge in [-0.05, 0) is 43.4 Å². The number of rotatable bonds is 5. The summed E-state index contributed by atoms with van der Waals surface area (Å²) in [7, 11) is 0. The zero-order valence-electron chi connectivity index (χ0n) is 12.3. The fraction of sp³-hybridized carbons (Fsp3) is 0.471. The summed E-state index contributed by atoms with van der Waals surface area (Å²) in [6.45, 7) is 0.674. The number of nitrogens with two attached hydrogens (primary N) is 1. The molecule has 2 unspecified atom stereocenters. The van der Waals surface area contributed by atoms with Gasteiger partial charge in [-0.2, -0.15) is 0 Å². The number of carbonyl (C=O) groups excluding carboxylic acids is 1. The summed E-state index contributed by atoms with van der Waals surface area (Å²) in [6.07, 6.45) is 6.71. The predicted molar refractivity (Wildman–Crippen MR) is 84.9 cm³/mol. The van der Waals surface area contributed by atoms with Crippen LogP contribution in [0.4, 0.5) is 0 Å². The van der Waals surface area contributed by atoms with Crippen LogP contribution in [-0.4, -0.2) is 23.5 Å². The van der Waals surface area contributed by atoms with Crippen molar-refractivity contribution in [3.05, 3.63) is 36.0 Å². The van der Waals surface area contributed by atoms with Crippen molar-refractivity contribution in [2.45, 2.75) is 38.1 Å². The van der Waals surface area contributed by atoms with Crippen LogP contribution in [0.3, 0.4) is 0 Å². The minimum absolute atomic E-state index is 0.144. The smallest absolute Gasteiger partial charge is 0.220 e. The molecule has 2 atom stereocenters. The minimum atomic E-state index is 0.144. The van der Waals surface area contributed by atoms with E-state index in [1.165, 1.54) is 17.4 Å². The van der Waals surface area contributed by atoms with Crippen molar-refractivity contribution in [1.29, 1.82) is 0 Å². The van der Waals surface area contributed by atoms with Gasteiger partial charge >= 0.3 is 0 Å². The van der Waals surface area contributed by atoms with Crippen LogP contribution in [-0.2, 0) is 11.2 Å². The van der Waals surface area contributed by atoms with Gasteiger partial charge in [0, 0.05) is 29.6 Å².